The van der Waals surface area contributed by atoms with Crippen LogP contribution in [0, 0.1) is 10.1 Å². The highest BCUT2D eigenvalue weighted by atomic mass is 16.6. The van der Waals surface area contributed by atoms with Crippen LogP contribution in [0.15, 0.2) is 48.5 Å². The maximum Gasteiger partial charge on any atom is 0.339 e. The Balaban J connectivity index is 1.96. The van der Waals surface area contributed by atoms with E-state index in [2.05, 4.69) is 0 Å². The highest BCUT2D eigenvalue weighted by molar-refractivity contribution is 5.93. The summed E-state index contributed by atoms with van der Waals surface area (Å²) in [7, 11) is 0. The second kappa shape index (κ2) is 4.77. The Morgan fingerprint density at radius 2 is 1.90 bits per heavy atom. The number of benzene rings is 2. The van der Waals surface area contributed by atoms with Crippen LogP contribution in [0.1, 0.15) is 27.6 Å². The minimum Gasteiger partial charge on any atom is -0.454 e. The van der Waals surface area contributed by atoms with Crippen molar-refractivity contribution in [3.63, 3.8) is 0 Å². The number of carbonyl (C=O) groups excluding carboxylic acids is 1. The normalized spacial score (nSPS) is 17.2. The molecule has 1 atom stereocenters. The third kappa shape index (κ3) is 2.14. The Morgan fingerprint density at radius 3 is 2.60 bits per heavy atom. The summed E-state index contributed by atoms with van der Waals surface area (Å²) in [5.74, 6) is -0.510. The smallest absolute Gasteiger partial charge is 0.339 e. The van der Waals surface area contributed by atoms with Gasteiger partial charge in [0, 0.05) is 18.6 Å². The van der Waals surface area contributed by atoms with E-state index in [1.54, 1.807) is 6.07 Å². The van der Waals surface area contributed by atoms with E-state index in [0.29, 0.717) is 6.42 Å². The Morgan fingerprint density at radius 1 is 1.15 bits per heavy atom. The highest BCUT2D eigenvalue weighted by Gasteiger charge is 2.28. The maximum absolute atomic E-state index is 12.0. The Bertz CT molecular complexity index is 682. The van der Waals surface area contributed by atoms with E-state index in [4.69, 9.17) is 4.74 Å². The van der Waals surface area contributed by atoms with Crippen molar-refractivity contribution in [3.05, 3.63) is 75.3 Å². The lowest BCUT2D eigenvalue weighted by atomic mass is 9.94. The van der Waals surface area contributed by atoms with Gasteiger partial charge in [-0.25, -0.2) is 4.79 Å². The number of hydrogen-bond acceptors (Lipinski definition) is 4. The minimum absolute atomic E-state index is 0.0983. The maximum atomic E-state index is 12.0. The molecule has 3 rings (SSSR count). The number of ether oxygens (including phenoxy) is 1. The molecule has 5 nitrogen and oxygen atoms in total. The molecule has 0 fully saturated rings. The largest absolute Gasteiger partial charge is 0.454 e. The second-order valence-electron chi connectivity index (χ2n) is 4.61. The molecule has 0 aliphatic carbocycles. The summed E-state index contributed by atoms with van der Waals surface area (Å²) in [5, 5.41) is 10.7. The number of hydrogen-bond donors (Lipinski definition) is 0. The van der Waals surface area contributed by atoms with Crippen molar-refractivity contribution in [1.29, 1.82) is 0 Å². The summed E-state index contributed by atoms with van der Waals surface area (Å²) in [4.78, 5) is 22.2. The van der Waals surface area contributed by atoms with Crippen molar-refractivity contribution < 1.29 is 14.5 Å². The molecular weight excluding hydrogens is 258 g/mol. The third-order valence-electron chi connectivity index (χ3n) is 3.35. The minimum atomic E-state index is -0.517. The number of fused-ring (bicyclic) bond motifs is 1. The fourth-order valence-corrected chi connectivity index (χ4v) is 2.33. The van der Waals surface area contributed by atoms with E-state index in [1.807, 2.05) is 30.3 Å². The van der Waals surface area contributed by atoms with Crippen molar-refractivity contribution in [2.75, 3.05) is 0 Å². The summed E-state index contributed by atoms with van der Waals surface area (Å²) in [6, 6.07) is 13.8. The SMILES string of the molecule is O=C1O[C@@H](c2ccccc2)Cc2ccc([N+](=O)[O-])cc21. The molecule has 0 bridgehead atoms. The van der Waals surface area contributed by atoms with Gasteiger partial charge in [-0.05, 0) is 11.1 Å². The average Bonchev–Trinajstić information content (AvgIpc) is 2.47. The van der Waals surface area contributed by atoms with E-state index in [-0.39, 0.29) is 17.4 Å². The van der Waals surface area contributed by atoms with Crippen LogP contribution in [-0.4, -0.2) is 10.9 Å². The first-order valence-electron chi connectivity index (χ1n) is 6.18. The molecular formula is C15H11NO4. The average molecular weight is 269 g/mol. The lowest BCUT2D eigenvalue weighted by molar-refractivity contribution is -0.384. The predicted molar refractivity (Wildman–Crippen MR) is 71.4 cm³/mol. The van der Waals surface area contributed by atoms with Gasteiger partial charge in [0.15, 0.2) is 0 Å². The molecule has 0 aromatic heterocycles. The van der Waals surface area contributed by atoms with Crippen molar-refractivity contribution in [1.82, 2.24) is 0 Å². The summed E-state index contributed by atoms with van der Waals surface area (Å²) in [6.07, 6.45) is 0.195. The van der Waals surface area contributed by atoms with Gasteiger partial charge in [0.1, 0.15) is 6.10 Å². The molecule has 0 radical (unpaired) electrons. The van der Waals surface area contributed by atoms with Crippen LogP contribution in [0.4, 0.5) is 5.69 Å². The lowest BCUT2D eigenvalue weighted by Gasteiger charge is -2.24. The van der Waals surface area contributed by atoms with Crippen molar-refractivity contribution in [2.45, 2.75) is 12.5 Å². The highest BCUT2D eigenvalue weighted by Crippen LogP contribution is 2.32. The third-order valence-corrected chi connectivity index (χ3v) is 3.35. The molecule has 1 heterocycles. The molecule has 0 unspecified atom stereocenters. The zero-order valence-corrected chi connectivity index (χ0v) is 10.5. The van der Waals surface area contributed by atoms with Gasteiger partial charge in [-0.1, -0.05) is 36.4 Å². The lowest BCUT2D eigenvalue weighted by Crippen LogP contribution is -2.21. The Labute approximate surface area is 115 Å². The molecule has 1 aliphatic heterocycles. The predicted octanol–water partition coefficient (Wildman–Crippen LogP) is 3.05. The van der Waals surface area contributed by atoms with Crippen molar-refractivity contribution >= 4 is 11.7 Å². The van der Waals surface area contributed by atoms with Gasteiger partial charge in [-0.15, -0.1) is 0 Å². The summed E-state index contributed by atoms with van der Waals surface area (Å²) < 4.78 is 5.37. The topological polar surface area (TPSA) is 69.4 Å². The molecule has 2 aromatic carbocycles. The van der Waals surface area contributed by atoms with Crippen LogP contribution in [0.2, 0.25) is 0 Å². The molecule has 0 saturated heterocycles. The van der Waals surface area contributed by atoms with Gasteiger partial charge in [0.2, 0.25) is 0 Å². The van der Waals surface area contributed by atoms with Crippen LogP contribution >= 0.6 is 0 Å². The standard InChI is InChI=1S/C15H11NO4/c17-15-13-9-12(16(18)19)7-6-11(13)8-14(20-15)10-4-2-1-3-5-10/h1-7,9,14H,8H2/t14-/m1/s1. The fraction of sp³-hybridized carbons (Fsp3) is 0.133. The van der Waals surface area contributed by atoms with E-state index in [9.17, 15) is 14.9 Å². The van der Waals surface area contributed by atoms with E-state index in [0.717, 1.165) is 11.1 Å². The van der Waals surface area contributed by atoms with Crippen LogP contribution in [0.5, 0.6) is 0 Å². The van der Waals surface area contributed by atoms with Gasteiger partial charge >= 0.3 is 5.97 Å². The number of esters is 1. The number of rotatable bonds is 2. The molecule has 1 aliphatic rings. The monoisotopic (exact) mass is 269 g/mol. The van der Waals surface area contributed by atoms with Gasteiger partial charge in [-0.3, -0.25) is 10.1 Å². The molecule has 0 spiro atoms. The van der Waals surface area contributed by atoms with Crippen molar-refractivity contribution in [2.24, 2.45) is 0 Å². The van der Waals surface area contributed by atoms with E-state index in [1.165, 1.54) is 12.1 Å². The number of nitrogens with zero attached hydrogens (tertiary/aromatic N) is 1. The zero-order valence-electron chi connectivity index (χ0n) is 10.5. The fourth-order valence-electron chi connectivity index (χ4n) is 2.33. The zero-order chi connectivity index (χ0) is 14.1. The van der Waals surface area contributed by atoms with Crippen LogP contribution in [0.25, 0.3) is 0 Å². The molecule has 0 saturated carbocycles. The Kier molecular flexibility index (Phi) is 2.95. The van der Waals surface area contributed by atoms with Gasteiger partial charge in [0.05, 0.1) is 10.5 Å². The molecule has 100 valence electrons. The number of nitro benzene ring substituents is 1. The van der Waals surface area contributed by atoms with Crippen LogP contribution in [0.3, 0.4) is 0 Å². The quantitative estimate of drug-likeness (QED) is 0.477. The van der Waals surface area contributed by atoms with E-state index < -0.39 is 10.9 Å². The molecule has 0 N–H and O–H groups in total. The van der Waals surface area contributed by atoms with Crippen LogP contribution in [-0.2, 0) is 11.2 Å². The van der Waals surface area contributed by atoms with E-state index >= 15 is 0 Å². The number of non-ortho nitro benzene ring substituents is 1. The van der Waals surface area contributed by atoms with Gasteiger partial charge < -0.3 is 4.74 Å². The summed E-state index contributed by atoms with van der Waals surface area (Å²) in [5.41, 5.74) is 1.88. The molecule has 0 amide bonds. The first-order valence-corrected chi connectivity index (χ1v) is 6.18. The first kappa shape index (κ1) is 12.3. The van der Waals surface area contributed by atoms with Gasteiger partial charge in [0.25, 0.3) is 5.69 Å². The number of nitro groups is 1. The van der Waals surface area contributed by atoms with Gasteiger partial charge in [-0.2, -0.15) is 0 Å². The second-order valence-corrected chi connectivity index (χ2v) is 4.61. The van der Waals surface area contributed by atoms with Crippen molar-refractivity contribution in [3.8, 4) is 0 Å². The van der Waals surface area contributed by atoms with Crippen LogP contribution < -0.4 is 0 Å². The first-order chi connectivity index (χ1) is 9.65. The summed E-state index contributed by atoms with van der Waals surface area (Å²) in [6.45, 7) is 0. The molecule has 2 aromatic rings. The summed E-state index contributed by atoms with van der Waals surface area (Å²) >= 11 is 0. The Hall–Kier alpha value is -2.69. The molecule has 20 heavy (non-hydrogen) atoms. The number of cyclic esters (lactones) is 1. The number of carbonyl (C=O) groups is 1. The molecule has 5 heteroatoms.